The molecule has 0 bridgehead atoms. The van der Waals surface area contributed by atoms with Crippen molar-refractivity contribution in [2.75, 3.05) is 5.43 Å². The van der Waals surface area contributed by atoms with Gasteiger partial charge >= 0.3 is 5.69 Å². The second-order valence-corrected chi connectivity index (χ2v) is 7.00. The number of phenolic OH excluding ortho intramolecular Hbond substituents is 2. The summed E-state index contributed by atoms with van der Waals surface area (Å²) < 4.78 is 4.01. The van der Waals surface area contributed by atoms with Crippen LogP contribution in [0, 0.1) is 0 Å². The maximum atomic E-state index is 13.1. The van der Waals surface area contributed by atoms with E-state index in [0.29, 0.717) is 5.56 Å². The van der Waals surface area contributed by atoms with E-state index in [2.05, 4.69) is 15.5 Å². The Morgan fingerprint density at radius 1 is 1.06 bits per heavy atom. The highest BCUT2D eigenvalue weighted by Gasteiger charge is 2.18. The van der Waals surface area contributed by atoms with Crippen LogP contribution in [0.3, 0.4) is 0 Å². The molecule has 0 saturated carbocycles. The fraction of sp³-hybridized carbons (Fsp3) is 0.143. The summed E-state index contributed by atoms with van der Waals surface area (Å²) in [7, 11) is 3.20. The standard InChI is InChI=1S/C21H20N6O4/c1-25-17-18(23-20(25)24-22-11-14-8-9-15(28)10-16(14)29)26(2)21(31)27(19(17)30)12-13-6-4-3-5-7-13/h3-11,28-29H,12H2,1-2H3,(H,23,24)/b22-11+. The first kappa shape index (κ1) is 20.0. The molecule has 0 spiro atoms. The highest BCUT2D eigenvalue weighted by atomic mass is 16.3. The van der Waals surface area contributed by atoms with E-state index in [1.54, 1.807) is 14.1 Å². The lowest BCUT2D eigenvalue weighted by atomic mass is 10.2. The van der Waals surface area contributed by atoms with Crippen molar-refractivity contribution in [1.82, 2.24) is 18.7 Å². The molecule has 2 aromatic carbocycles. The Labute approximate surface area is 176 Å². The number of fused-ring (bicyclic) bond motifs is 1. The molecule has 0 fully saturated rings. The van der Waals surface area contributed by atoms with Gasteiger partial charge in [-0.1, -0.05) is 30.3 Å². The highest BCUT2D eigenvalue weighted by molar-refractivity contribution is 5.84. The van der Waals surface area contributed by atoms with Crippen LogP contribution in [0.5, 0.6) is 11.5 Å². The molecule has 3 N–H and O–H groups in total. The molecular formula is C21H20N6O4. The van der Waals surface area contributed by atoms with Gasteiger partial charge in [-0.2, -0.15) is 10.1 Å². The Bertz CT molecular complexity index is 1420. The Morgan fingerprint density at radius 3 is 2.52 bits per heavy atom. The van der Waals surface area contributed by atoms with E-state index in [-0.39, 0.29) is 35.2 Å². The molecule has 0 aliphatic carbocycles. The van der Waals surface area contributed by atoms with Crippen LogP contribution in [0.15, 0.2) is 63.2 Å². The molecule has 10 nitrogen and oxygen atoms in total. The van der Waals surface area contributed by atoms with Gasteiger partial charge in [-0.25, -0.2) is 10.2 Å². The minimum absolute atomic E-state index is 0.0642. The molecule has 0 atom stereocenters. The number of anilines is 1. The van der Waals surface area contributed by atoms with E-state index in [4.69, 9.17) is 0 Å². The molecule has 2 heterocycles. The number of phenols is 2. The molecule has 158 valence electrons. The number of aromatic nitrogens is 4. The van der Waals surface area contributed by atoms with E-state index in [9.17, 15) is 19.8 Å². The highest BCUT2D eigenvalue weighted by Crippen LogP contribution is 2.21. The van der Waals surface area contributed by atoms with Gasteiger partial charge in [0.1, 0.15) is 11.5 Å². The minimum Gasteiger partial charge on any atom is -0.508 e. The molecule has 0 radical (unpaired) electrons. The topological polar surface area (TPSA) is 127 Å². The number of aromatic hydroxyl groups is 2. The third kappa shape index (κ3) is 3.66. The first-order valence-corrected chi connectivity index (χ1v) is 9.38. The number of benzene rings is 2. The zero-order valence-electron chi connectivity index (χ0n) is 16.9. The normalized spacial score (nSPS) is 11.4. The Balaban J connectivity index is 1.72. The van der Waals surface area contributed by atoms with Gasteiger partial charge in [-0.3, -0.25) is 13.9 Å². The smallest absolute Gasteiger partial charge is 0.332 e. The average molecular weight is 420 g/mol. The van der Waals surface area contributed by atoms with Gasteiger partial charge in [0.2, 0.25) is 5.95 Å². The van der Waals surface area contributed by atoms with Crippen molar-refractivity contribution in [2.24, 2.45) is 19.2 Å². The fourth-order valence-corrected chi connectivity index (χ4v) is 3.25. The van der Waals surface area contributed by atoms with Crippen molar-refractivity contribution < 1.29 is 10.2 Å². The second-order valence-electron chi connectivity index (χ2n) is 7.00. The van der Waals surface area contributed by atoms with E-state index in [1.165, 1.54) is 38.1 Å². The van der Waals surface area contributed by atoms with Gasteiger partial charge in [0, 0.05) is 25.7 Å². The minimum atomic E-state index is -0.469. The Kier molecular flexibility index (Phi) is 5.04. The quantitative estimate of drug-likeness (QED) is 0.330. The van der Waals surface area contributed by atoms with Crippen molar-refractivity contribution in [3.8, 4) is 11.5 Å². The van der Waals surface area contributed by atoms with Gasteiger partial charge in [0.05, 0.1) is 12.8 Å². The molecular weight excluding hydrogens is 400 g/mol. The van der Waals surface area contributed by atoms with Crippen molar-refractivity contribution >= 4 is 23.3 Å². The van der Waals surface area contributed by atoms with E-state index in [1.807, 2.05) is 30.3 Å². The van der Waals surface area contributed by atoms with Crippen LogP contribution in [0.2, 0.25) is 0 Å². The predicted molar refractivity (Wildman–Crippen MR) is 117 cm³/mol. The molecule has 4 aromatic rings. The number of aryl methyl sites for hydroxylation is 2. The molecule has 0 aliphatic heterocycles. The van der Waals surface area contributed by atoms with Crippen LogP contribution < -0.4 is 16.7 Å². The number of nitrogens with zero attached hydrogens (tertiary/aromatic N) is 5. The molecule has 0 aliphatic rings. The molecule has 0 unspecified atom stereocenters. The van der Waals surface area contributed by atoms with Crippen molar-refractivity contribution in [2.45, 2.75) is 6.54 Å². The molecule has 10 heteroatoms. The summed E-state index contributed by atoms with van der Waals surface area (Å²) in [4.78, 5) is 30.2. The van der Waals surface area contributed by atoms with E-state index in [0.717, 1.165) is 5.56 Å². The summed E-state index contributed by atoms with van der Waals surface area (Å²) in [6.07, 6.45) is 1.35. The van der Waals surface area contributed by atoms with Crippen LogP contribution >= 0.6 is 0 Å². The van der Waals surface area contributed by atoms with Gasteiger partial charge in [0.15, 0.2) is 11.2 Å². The van der Waals surface area contributed by atoms with Gasteiger partial charge < -0.3 is 14.8 Å². The summed E-state index contributed by atoms with van der Waals surface area (Å²) >= 11 is 0. The van der Waals surface area contributed by atoms with Gasteiger partial charge in [-0.15, -0.1) is 0 Å². The van der Waals surface area contributed by atoms with Crippen LogP contribution in [-0.2, 0) is 20.6 Å². The number of rotatable bonds is 5. The van der Waals surface area contributed by atoms with E-state index >= 15 is 0 Å². The van der Waals surface area contributed by atoms with Crippen molar-refractivity contribution in [3.05, 3.63) is 80.5 Å². The maximum Gasteiger partial charge on any atom is 0.332 e. The summed E-state index contributed by atoms with van der Waals surface area (Å²) in [6, 6.07) is 13.4. The number of imidazole rings is 1. The summed E-state index contributed by atoms with van der Waals surface area (Å²) in [5.74, 6) is 0.0430. The number of hydrogen-bond acceptors (Lipinski definition) is 7. The SMILES string of the molecule is Cn1c(N/N=C/c2ccc(O)cc2O)nc2c1c(=O)n(Cc1ccccc1)c(=O)n2C. The van der Waals surface area contributed by atoms with Crippen LogP contribution in [-0.4, -0.2) is 35.1 Å². The number of hydrogen-bond donors (Lipinski definition) is 3. The number of hydrazone groups is 1. The largest absolute Gasteiger partial charge is 0.508 e. The maximum absolute atomic E-state index is 13.1. The third-order valence-corrected chi connectivity index (χ3v) is 4.93. The van der Waals surface area contributed by atoms with Crippen LogP contribution in [0.25, 0.3) is 11.2 Å². The van der Waals surface area contributed by atoms with Crippen molar-refractivity contribution in [1.29, 1.82) is 0 Å². The lowest BCUT2D eigenvalue weighted by Crippen LogP contribution is -2.39. The van der Waals surface area contributed by atoms with Crippen LogP contribution in [0.1, 0.15) is 11.1 Å². The molecule has 31 heavy (non-hydrogen) atoms. The summed E-state index contributed by atoms with van der Waals surface area (Å²) in [5.41, 5.74) is 3.49. The van der Waals surface area contributed by atoms with Crippen LogP contribution in [0.4, 0.5) is 5.95 Å². The third-order valence-electron chi connectivity index (χ3n) is 4.93. The lowest BCUT2D eigenvalue weighted by Gasteiger charge is -2.08. The predicted octanol–water partition coefficient (Wildman–Crippen LogP) is 1.34. The summed E-state index contributed by atoms with van der Waals surface area (Å²) in [6.45, 7) is 0.147. The average Bonchev–Trinajstić information content (AvgIpc) is 3.08. The first-order chi connectivity index (χ1) is 14.9. The Morgan fingerprint density at radius 2 is 1.81 bits per heavy atom. The number of nitrogens with one attached hydrogen (secondary N) is 1. The summed E-state index contributed by atoms with van der Waals surface area (Å²) in [5, 5.41) is 23.2. The molecule has 4 rings (SSSR count). The zero-order valence-corrected chi connectivity index (χ0v) is 16.9. The monoisotopic (exact) mass is 420 g/mol. The second kappa shape index (κ2) is 7.82. The van der Waals surface area contributed by atoms with Gasteiger partial charge in [-0.05, 0) is 17.7 Å². The fourth-order valence-electron chi connectivity index (χ4n) is 3.25. The molecule has 0 amide bonds. The first-order valence-electron chi connectivity index (χ1n) is 9.38. The van der Waals surface area contributed by atoms with Crippen molar-refractivity contribution in [3.63, 3.8) is 0 Å². The Hall–Kier alpha value is -4.34. The molecule has 2 aromatic heterocycles. The lowest BCUT2D eigenvalue weighted by molar-refractivity contribution is 0.450. The molecule has 0 saturated heterocycles. The van der Waals surface area contributed by atoms with E-state index < -0.39 is 11.2 Å². The zero-order chi connectivity index (χ0) is 22.1. The van der Waals surface area contributed by atoms with Gasteiger partial charge in [0.25, 0.3) is 5.56 Å².